The molecular formula is C27H24Br8O8. The molecule has 0 spiro atoms. The van der Waals surface area contributed by atoms with Gasteiger partial charge in [0.15, 0.2) is 0 Å². The Morgan fingerprint density at radius 1 is 0.558 bits per heavy atom. The molecule has 0 aromatic heterocycles. The van der Waals surface area contributed by atoms with Crippen molar-refractivity contribution >= 4 is 140 Å². The number of rotatable bonds is 14. The summed E-state index contributed by atoms with van der Waals surface area (Å²) in [5, 5.41) is 0. The van der Waals surface area contributed by atoms with E-state index in [0.29, 0.717) is 29.4 Å². The van der Waals surface area contributed by atoms with E-state index in [2.05, 4.69) is 154 Å². The fraction of sp³-hybridized carbons (Fsp3) is 0.333. The van der Waals surface area contributed by atoms with Crippen LogP contribution in [-0.4, -0.2) is 52.0 Å². The van der Waals surface area contributed by atoms with E-state index >= 15 is 0 Å². The Kier molecular flexibility index (Phi) is 16.6. The van der Waals surface area contributed by atoms with Gasteiger partial charge in [-0.3, -0.25) is 0 Å². The number of hydrogen-bond donors (Lipinski definition) is 0. The molecule has 0 aliphatic carbocycles. The lowest BCUT2D eigenvalue weighted by molar-refractivity contribution is 0.0524. The first-order chi connectivity index (χ1) is 20.2. The molecule has 0 atom stereocenters. The molecule has 0 fully saturated rings. The second-order valence-electron chi connectivity index (χ2n) is 8.64. The zero-order valence-corrected chi connectivity index (χ0v) is 35.3. The molecule has 0 amide bonds. The van der Waals surface area contributed by atoms with Crippen LogP contribution in [0.5, 0.6) is 11.5 Å². The normalized spacial score (nSPS) is 11.0. The van der Waals surface area contributed by atoms with Crippen molar-refractivity contribution in [2.45, 2.75) is 19.3 Å². The summed E-state index contributed by atoms with van der Waals surface area (Å²) < 4.78 is 37.0. The molecule has 8 nitrogen and oxygen atoms in total. The van der Waals surface area contributed by atoms with E-state index in [1.807, 2.05) is 0 Å². The number of benzene rings is 2. The fourth-order valence-electron chi connectivity index (χ4n) is 3.57. The fourth-order valence-corrected chi connectivity index (χ4v) is 10.2. The van der Waals surface area contributed by atoms with E-state index in [-0.39, 0.29) is 39.6 Å². The SMILES string of the molecule is C=CCOC(=O)OCCOc1c(Br)c(Br)c(C(C)(C)c2c(Br)c(Br)c(OCCOC(=O)OCC=C)c(Br)c2Br)c(Br)c1Br. The van der Waals surface area contributed by atoms with Gasteiger partial charge >= 0.3 is 12.3 Å². The van der Waals surface area contributed by atoms with Gasteiger partial charge in [0, 0.05) is 23.3 Å². The second kappa shape index (κ2) is 18.3. The third kappa shape index (κ3) is 9.94. The summed E-state index contributed by atoms with van der Waals surface area (Å²) >= 11 is 29.6. The predicted octanol–water partition coefficient (Wildman–Crippen LogP) is 11.5. The highest BCUT2D eigenvalue weighted by Gasteiger charge is 2.37. The average molecular weight is 1120 g/mol. The first-order valence-corrected chi connectivity index (χ1v) is 18.4. The van der Waals surface area contributed by atoms with Gasteiger partial charge in [-0.25, -0.2) is 9.59 Å². The Morgan fingerprint density at radius 2 is 0.860 bits per heavy atom. The van der Waals surface area contributed by atoms with Crippen LogP contribution < -0.4 is 9.47 Å². The zero-order chi connectivity index (χ0) is 32.5. The molecule has 0 heterocycles. The lowest BCUT2D eigenvalue weighted by atomic mass is 9.78. The molecule has 0 radical (unpaired) electrons. The smallest absolute Gasteiger partial charge is 0.488 e. The lowest BCUT2D eigenvalue weighted by Crippen LogP contribution is -2.23. The summed E-state index contributed by atoms with van der Waals surface area (Å²) in [5.41, 5.74) is 1.14. The summed E-state index contributed by atoms with van der Waals surface area (Å²) in [4.78, 5) is 23.1. The molecule has 0 bridgehead atoms. The Labute approximate surface area is 317 Å². The van der Waals surface area contributed by atoms with Gasteiger partial charge in [0.25, 0.3) is 0 Å². The van der Waals surface area contributed by atoms with Gasteiger partial charge in [-0.15, -0.1) is 0 Å². The molecule has 2 rings (SSSR count). The molecule has 0 unspecified atom stereocenters. The van der Waals surface area contributed by atoms with Crippen molar-refractivity contribution in [3.63, 3.8) is 0 Å². The van der Waals surface area contributed by atoms with Crippen molar-refractivity contribution in [1.29, 1.82) is 0 Å². The highest BCUT2D eigenvalue weighted by molar-refractivity contribution is 9.14. The number of hydrogen-bond acceptors (Lipinski definition) is 8. The highest BCUT2D eigenvalue weighted by Crippen LogP contribution is 2.56. The maximum Gasteiger partial charge on any atom is 0.508 e. The van der Waals surface area contributed by atoms with Crippen molar-refractivity contribution < 1.29 is 38.0 Å². The van der Waals surface area contributed by atoms with Crippen LogP contribution in [0.15, 0.2) is 61.1 Å². The van der Waals surface area contributed by atoms with Crippen LogP contribution >= 0.6 is 127 Å². The molecule has 2 aromatic rings. The number of halogens is 8. The Bertz CT molecular complexity index is 1220. The summed E-state index contributed by atoms with van der Waals surface area (Å²) in [5.74, 6) is 1.00. The quantitative estimate of drug-likeness (QED) is 0.0800. The molecular weight excluding hydrogens is 1090 g/mol. The monoisotopic (exact) mass is 1110 g/mol. The number of carbonyl (C=O) groups is 2. The van der Waals surface area contributed by atoms with E-state index in [9.17, 15) is 9.59 Å². The minimum atomic E-state index is -0.803. The maximum absolute atomic E-state index is 11.6. The van der Waals surface area contributed by atoms with Crippen molar-refractivity contribution in [3.05, 3.63) is 72.2 Å². The van der Waals surface area contributed by atoms with Crippen LogP contribution in [0, 0.1) is 0 Å². The molecule has 0 aliphatic rings. The van der Waals surface area contributed by atoms with Gasteiger partial charge in [0.1, 0.15) is 51.1 Å². The van der Waals surface area contributed by atoms with Crippen LogP contribution in [0.1, 0.15) is 25.0 Å². The Morgan fingerprint density at radius 3 is 1.14 bits per heavy atom. The third-order valence-corrected chi connectivity index (χ3v) is 13.8. The van der Waals surface area contributed by atoms with E-state index in [1.54, 1.807) is 0 Å². The predicted molar refractivity (Wildman–Crippen MR) is 193 cm³/mol. The molecule has 43 heavy (non-hydrogen) atoms. The highest BCUT2D eigenvalue weighted by atomic mass is 79.9. The van der Waals surface area contributed by atoms with Crippen LogP contribution in [0.3, 0.4) is 0 Å². The largest absolute Gasteiger partial charge is 0.508 e. The maximum atomic E-state index is 11.6. The summed E-state index contributed by atoms with van der Waals surface area (Å²) in [6, 6.07) is 0. The molecule has 0 saturated carbocycles. The van der Waals surface area contributed by atoms with E-state index in [4.69, 9.17) is 28.4 Å². The summed E-state index contributed by atoms with van der Waals surface area (Å²) in [7, 11) is 0. The molecule has 0 saturated heterocycles. The van der Waals surface area contributed by atoms with E-state index in [0.717, 1.165) is 29.0 Å². The van der Waals surface area contributed by atoms with E-state index < -0.39 is 17.7 Å². The standard InChI is InChI=1S/C27H24Br8O8/c1-5-7-40-25(36)42-11-9-38-23-19(32)15(28)13(16(29)20(23)33)27(3,4)14-17(30)21(34)24(22(35)18(14)31)39-10-12-43-26(37)41-8-6-2/h5-6H,1-2,7-12H2,3-4H3. The van der Waals surface area contributed by atoms with Crippen LogP contribution in [0.4, 0.5) is 9.59 Å². The lowest BCUT2D eigenvalue weighted by Gasteiger charge is -2.33. The van der Waals surface area contributed by atoms with Crippen LogP contribution in [0.2, 0.25) is 0 Å². The number of ether oxygens (including phenoxy) is 6. The van der Waals surface area contributed by atoms with Crippen molar-refractivity contribution in [2.75, 3.05) is 39.6 Å². The first kappa shape index (κ1) is 39.1. The van der Waals surface area contributed by atoms with Crippen molar-refractivity contribution in [2.24, 2.45) is 0 Å². The topological polar surface area (TPSA) is 89.5 Å². The Balaban J connectivity index is 2.36. The van der Waals surface area contributed by atoms with Gasteiger partial charge in [-0.05, 0) is 139 Å². The summed E-state index contributed by atoms with van der Waals surface area (Å²) in [6.45, 7) is 11.4. The first-order valence-electron chi connectivity index (χ1n) is 12.0. The zero-order valence-electron chi connectivity index (χ0n) is 22.6. The summed E-state index contributed by atoms with van der Waals surface area (Å²) in [6.07, 6.45) is 1.29. The van der Waals surface area contributed by atoms with E-state index in [1.165, 1.54) is 12.2 Å². The number of carbonyl (C=O) groups excluding carboxylic acids is 2. The van der Waals surface area contributed by atoms with Gasteiger partial charge < -0.3 is 28.4 Å². The van der Waals surface area contributed by atoms with Gasteiger partial charge in [-0.1, -0.05) is 39.2 Å². The molecule has 16 heteroatoms. The molecule has 2 aromatic carbocycles. The Hall–Kier alpha value is -0.1000. The van der Waals surface area contributed by atoms with Gasteiger partial charge in [-0.2, -0.15) is 0 Å². The van der Waals surface area contributed by atoms with Crippen LogP contribution in [0.25, 0.3) is 0 Å². The van der Waals surface area contributed by atoms with Crippen molar-refractivity contribution in [1.82, 2.24) is 0 Å². The van der Waals surface area contributed by atoms with Crippen LogP contribution in [-0.2, 0) is 24.4 Å². The van der Waals surface area contributed by atoms with Crippen molar-refractivity contribution in [3.8, 4) is 11.5 Å². The minimum absolute atomic E-state index is 0.0147. The average Bonchev–Trinajstić information content (AvgIpc) is 2.96. The molecule has 0 N–H and O–H groups in total. The van der Waals surface area contributed by atoms with Gasteiger partial charge in [0.05, 0.1) is 17.9 Å². The minimum Gasteiger partial charge on any atom is -0.488 e. The molecule has 0 aliphatic heterocycles. The molecule has 236 valence electrons. The second-order valence-corrected chi connectivity index (χ2v) is 15.0. The van der Waals surface area contributed by atoms with Gasteiger partial charge in [0.2, 0.25) is 0 Å². The third-order valence-electron chi connectivity index (χ3n) is 5.43.